The highest BCUT2D eigenvalue weighted by Gasteiger charge is 2.39. The number of aliphatic hydroxyl groups excluding tert-OH is 1. The maximum Gasteiger partial charge on any atom is 0.451 e. The second kappa shape index (κ2) is 6.17. The lowest BCUT2D eigenvalue weighted by Crippen LogP contribution is -2.07. The molecule has 1 aromatic heterocycles. The molecule has 0 bridgehead atoms. The van der Waals surface area contributed by atoms with Gasteiger partial charge in [-0.2, -0.15) is 13.2 Å². The van der Waals surface area contributed by atoms with Crippen LogP contribution in [0.25, 0.3) is 11.5 Å². The van der Waals surface area contributed by atoms with Crippen LogP contribution in [-0.4, -0.2) is 23.8 Å². The monoisotopic (exact) mass is 301 g/mol. The van der Waals surface area contributed by atoms with Crippen LogP contribution in [0.3, 0.4) is 0 Å². The molecule has 2 rings (SSSR count). The first-order valence-electron chi connectivity index (χ1n) is 6.28. The summed E-state index contributed by atoms with van der Waals surface area (Å²) in [6, 6.07) is 6.36. The number of hydrogen-bond acceptors (Lipinski definition) is 4. The summed E-state index contributed by atoms with van der Waals surface area (Å²) in [6.45, 7) is -0.206. The minimum atomic E-state index is -4.61. The Hall–Kier alpha value is -2.02. The van der Waals surface area contributed by atoms with Gasteiger partial charge in [0.15, 0.2) is 0 Å². The van der Waals surface area contributed by atoms with Crippen LogP contribution in [0.2, 0.25) is 0 Å². The third-order valence-corrected chi connectivity index (χ3v) is 2.86. The molecule has 0 unspecified atom stereocenters. The largest absolute Gasteiger partial charge is 0.497 e. The topological polar surface area (TPSA) is 55.5 Å². The number of oxazole rings is 1. The quantitative estimate of drug-likeness (QED) is 0.920. The molecule has 0 aliphatic carbocycles. The summed E-state index contributed by atoms with van der Waals surface area (Å²) < 4.78 is 48.6. The molecule has 0 amide bonds. The van der Waals surface area contributed by atoms with E-state index in [1.807, 2.05) is 0 Å². The highest BCUT2D eigenvalue weighted by atomic mass is 19.4. The number of ether oxygens (including phenoxy) is 1. The van der Waals surface area contributed by atoms with E-state index in [1.54, 1.807) is 24.3 Å². The van der Waals surface area contributed by atoms with Gasteiger partial charge >= 0.3 is 6.18 Å². The van der Waals surface area contributed by atoms with Crippen LogP contribution in [0.4, 0.5) is 13.2 Å². The van der Waals surface area contributed by atoms with E-state index in [2.05, 4.69) is 4.98 Å². The third-order valence-electron chi connectivity index (χ3n) is 2.86. The number of aromatic nitrogens is 1. The van der Waals surface area contributed by atoms with Gasteiger partial charge in [0.1, 0.15) is 5.75 Å². The van der Waals surface area contributed by atoms with Gasteiger partial charge in [-0.3, -0.25) is 0 Å². The number of aryl methyl sites for hydroxylation is 1. The summed E-state index contributed by atoms with van der Waals surface area (Å²) in [7, 11) is 1.49. The van der Waals surface area contributed by atoms with Crippen molar-refractivity contribution in [2.45, 2.75) is 19.0 Å². The van der Waals surface area contributed by atoms with Gasteiger partial charge in [-0.05, 0) is 37.1 Å². The molecule has 0 radical (unpaired) electrons. The number of methoxy groups -OCH3 is 1. The first kappa shape index (κ1) is 15.4. The van der Waals surface area contributed by atoms with Crippen molar-refractivity contribution >= 4 is 0 Å². The van der Waals surface area contributed by atoms with Crippen molar-refractivity contribution in [3.8, 4) is 17.2 Å². The molecule has 0 aliphatic heterocycles. The second-order valence-corrected chi connectivity index (χ2v) is 4.35. The van der Waals surface area contributed by atoms with E-state index in [-0.39, 0.29) is 31.0 Å². The lowest BCUT2D eigenvalue weighted by atomic mass is 10.2. The second-order valence-electron chi connectivity index (χ2n) is 4.35. The fourth-order valence-corrected chi connectivity index (χ4v) is 1.85. The first-order chi connectivity index (χ1) is 9.95. The van der Waals surface area contributed by atoms with Crippen molar-refractivity contribution in [3.63, 3.8) is 0 Å². The van der Waals surface area contributed by atoms with E-state index in [4.69, 9.17) is 14.3 Å². The van der Waals surface area contributed by atoms with Crippen molar-refractivity contribution < 1.29 is 27.4 Å². The maximum atomic E-state index is 12.9. The molecule has 2 aromatic rings. The van der Waals surface area contributed by atoms with E-state index < -0.39 is 11.9 Å². The van der Waals surface area contributed by atoms with Gasteiger partial charge in [-0.1, -0.05) is 0 Å². The van der Waals surface area contributed by atoms with Gasteiger partial charge in [-0.25, -0.2) is 4.98 Å². The number of hydrogen-bond donors (Lipinski definition) is 1. The predicted molar refractivity (Wildman–Crippen MR) is 68.9 cm³/mol. The Bertz CT molecular complexity index is 591. The molecule has 0 atom stereocenters. The Morgan fingerprint density at radius 3 is 2.43 bits per heavy atom. The van der Waals surface area contributed by atoms with Gasteiger partial charge < -0.3 is 14.3 Å². The highest BCUT2D eigenvalue weighted by Crippen LogP contribution is 2.36. The first-order valence-corrected chi connectivity index (χ1v) is 6.28. The van der Waals surface area contributed by atoms with Gasteiger partial charge in [0.25, 0.3) is 0 Å². The summed E-state index contributed by atoms with van der Waals surface area (Å²) in [5.41, 5.74) is 0.235. The number of alkyl halides is 3. The lowest BCUT2D eigenvalue weighted by molar-refractivity contribution is -0.153. The predicted octanol–water partition coefficient (Wildman–Crippen LogP) is 3.29. The van der Waals surface area contributed by atoms with E-state index in [1.165, 1.54) is 7.11 Å². The van der Waals surface area contributed by atoms with Crippen LogP contribution >= 0.6 is 0 Å². The van der Waals surface area contributed by atoms with Crippen molar-refractivity contribution in [1.82, 2.24) is 4.98 Å². The molecule has 0 aliphatic rings. The molecular formula is C14H14F3NO3. The van der Waals surface area contributed by atoms with Crippen molar-refractivity contribution in [2.75, 3.05) is 13.7 Å². The fraction of sp³-hybridized carbons (Fsp3) is 0.357. The third kappa shape index (κ3) is 3.55. The zero-order chi connectivity index (χ0) is 15.5. The molecule has 4 nitrogen and oxygen atoms in total. The number of nitrogens with zero attached hydrogens (tertiary/aromatic N) is 1. The average Bonchev–Trinajstić information content (AvgIpc) is 2.89. The molecule has 114 valence electrons. The normalized spacial score (nSPS) is 11.7. The Kier molecular flexibility index (Phi) is 4.52. The molecule has 7 heteroatoms. The van der Waals surface area contributed by atoms with Crippen LogP contribution in [-0.2, 0) is 12.6 Å². The Morgan fingerprint density at radius 1 is 1.24 bits per heavy atom. The Morgan fingerprint density at radius 2 is 1.90 bits per heavy atom. The van der Waals surface area contributed by atoms with E-state index in [0.29, 0.717) is 11.3 Å². The minimum Gasteiger partial charge on any atom is -0.497 e. The van der Waals surface area contributed by atoms with E-state index in [9.17, 15) is 13.2 Å². The van der Waals surface area contributed by atoms with E-state index >= 15 is 0 Å². The Labute approximate surface area is 119 Å². The highest BCUT2D eigenvalue weighted by molar-refractivity contribution is 5.55. The number of halogens is 3. The average molecular weight is 301 g/mol. The van der Waals surface area contributed by atoms with Crippen molar-refractivity contribution in [3.05, 3.63) is 35.7 Å². The summed E-state index contributed by atoms with van der Waals surface area (Å²) >= 11 is 0. The molecule has 1 aromatic carbocycles. The summed E-state index contributed by atoms with van der Waals surface area (Å²) in [5, 5.41) is 8.75. The molecule has 0 fully saturated rings. The number of aliphatic hydroxyl groups is 1. The molecular weight excluding hydrogens is 287 g/mol. The van der Waals surface area contributed by atoms with Gasteiger partial charge in [0.2, 0.25) is 11.7 Å². The molecule has 1 N–H and O–H groups in total. The fourth-order valence-electron chi connectivity index (χ4n) is 1.85. The minimum absolute atomic E-state index is 0.00496. The van der Waals surface area contributed by atoms with Gasteiger partial charge in [0.05, 0.1) is 12.8 Å². The zero-order valence-electron chi connectivity index (χ0n) is 11.3. The number of rotatable bonds is 5. The van der Waals surface area contributed by atoms with Crippen LogP contribution in [0.1, 0.15) is 17.9 Å². The molecule has 1 heterocycles. The summed E-state index contributed by atoms with van der Waals surface area (Å²) in [6.07, 6.45) is -4.41. The molecule has 21 heavy (non-hydrogen) atoms. The van der Waals surface area contributed by atoms with Crippen LogP contribution in [0, 0.1) is 0 Å². The summed E-state index contributed by atoms with van der Waals surface area (Å²) in [4.78, 5) is 3.90. The van der Waals surface area contributed by atoms with Crippen molar-refractivity contribution in [2.24, 2.45) is 0 Å². The summed E-state index contributed by atoms with van der Waals surface area (Å²) in [5.74, 6) is -0.624. The van der Waals surface area contributed by atoms with E-state index in [0.717, 1.165) is 0 Å². The number of benzene rings is 1. The smallest absolute Gasteiger partial charge is 0.451 e. The maximum absolute atomic E-state index is 12.9. The van der Waals surface area contributed by atoms with Crippen LogP contribution in [0.5, 0.6) is 5.75 Å². The van der Waals surface area contributed by atoms with Crippen LogP contribution in [0.15, 0.2) is 28.7 Å². The SMILES string of the molecule is COc1ccc(-c2nc(CCCO)c(C(F)(F)F)o2)cc1. The Balaban J connectivity index is 2.37. The van der Waals surface area contributed by atoms with Crippen molar-refractivity contribution in [1.29, 1.82) is 0 Å². The lowest BCUT2D eigenvalue weighted by Gasteiger charge is -2.03. The molecule has 0 spiro atoms. The van der Waals surface area contributed by atoms with Gasteiger partial charge in [0, 0.05) is 12.2 Å². The van der Waals surface area contributed by atoms with Gasteiger partial charge in [-0.15, -0.1) is 0 Å². The van der Waals surface area contributed by atoms with Crippen LogP contribution < -0.4 is 4.74 Å². The molecule has 0 saturated carbocycles. The zero-order valence-corrected chi connectivity index (χ0v) is 11.3. The molecule has 0 saturated heterocycles. The standard InChI is InChI=1S/C14H14F3NO3/c1-20-10-6-4-9(5-7-10)13-18-11(3-2-8-19)12(21-13)14(15,16)17/h4-7,19H,2-3,8H2,1H3.